The molecule has 0 fully saturated rings. The van der Waals surface area contributed by atoms with E-state index in [-0.39, 0.29) is 30.5 Å². The molecule has 7 nitrogen and oxygen atoms in total. The number of rotatable bonds is 5. The Morgan fingerprint density at radius 2 is 2.00 bits per heavy atom. The van der Waals surface area contributed by atoms with E-state index in [1.807, 2.05) is 13.8 Å². The van der Waals surface area contributed by atoms with Crippen molar-refractivity contribution in [3.05, 3.63) is 33.9 Å². The first kappa shape index (κ1) is 16.8. The molecule has 0 aliphatic heterocycles. The van der Waals surface area contributed by atoms with Gasteiger partial charge in [0.1, 0.15) is 17.8 Å². The summed E-state index contributed by atoms with van der Waals surface area (Å²) < 4.78 is 5.95. The number of carbonyl (C=O) groups excluding carboxylic acids is 2. The van der Waals surface area contributed by atoms with Gasteiger partial charge in [-0.3, -0.25) is 14.4 Å². The summed E-state index contributed by atoms with van der Waals surface area (Å²) >= 11 is 0. The third-order valence-electron chi connectivity index (χ3n) is 3.32. The zero-order chi connectivity index (χ0) is 17.1. The van der Waals surface area contributed by atoms with Crippen LogP contribution in [0.1, 0.15) is 49.8 Å². The van der Waals surface area contributed by atoms with Gasteiger partial charge in [-0.05, 0) is 25.0 Å². The Labute approximate surface area is 133 Å². The Bertz CT molecular complexity index is 824. The fourth-order valence-corrected chi connectivity index (χ4v) is 2.21. The summed E-state index contributed by atoms with van der Waals surface area (Å²) in [6, 6.07) is 3.06. The molecule has 122 valence electrons. The summed E-state index contributed by atoms with van der Waals surface area (Å²) in [5, 5.41) is 4.58. The average Bonchev–Trinajstić information content (AvgIpc) is 2.49. The van der Waals surface area contributed by atoms with Gasteiger partial charge in [-0.1, -0.05) is 13.8 Å². The second-order valence-electron chi connectivity index (χ2n) is 5.46. The van der Waals surface area contributed by atoms with Crippen LogP contribution >= 0.6 is 0 Å². The van der Waals surface area contributed by atoms with E-state index >= 15 is 0 Å². The lowest BCUT2D eigenvalue weighted by Gasteiger charge is -2.12. The number of carbonyl (C=O) groups is 2. The van der Waals surface area contributed by atoms with Crippen molar-refractivity contribution in [1.82, 2.24) is 14.8 Å². The van der Waals surface area contributed by atoms with Crippen molar-refractivity contribution in [3.8, 4) is 0 Å². The molecule has 0 aliphatic rings. The summed E-state index contributed by atoms with van der Waals surface area (Å²) in [6.07, 6.45) is 0. The molecule has 0 amide bonds. The number of hydrogen-bond acceptors (Lipinski definition) is 6. The topological polar surface area (TPSA) is 91.2 Å². The van der Waals surface area contributed by atoms with Crippen molar-refractivity contribution in [2.45, 2.75) is 40.2 Å². The molecule has 0 spiro atoms. The van der Waals surface area contributed by atoms with Crippen LogP contribution in [-0.4, -0.2) is 33.1 Å². The average molecular weight is 317 g/mol. The molecular weight excluding hydrogens is 298 g/mol. The van der Waals surface area contributed by atoms with Crippen LogP contribution < -0.4 is 5.56 Å². The molecule has 0 bridgehead atoms. The highest BCUT2D eigenvalue weighted by Crippen LogP contribution is 2.19. The number of fused-ring (bicyclic) bond motifs is 1. The van der Waals surface area contributed by atoms with Crippen LogP contribution in [0, 0.1) is 0 Å². The van der Waals surface area contributed by atoms with Crippen molar-refractivity contribution < 1.29 is 14.3 Å². The van der Waals surface area contributed by atoms with Gasteiger partial charge in [0.15, 0.2) is 5.78 Å². The van der Waals surface area contributed by atoms with Crippen LogP contribution in [0.5, 0.6) is 0 Å². The molecule has 0 atom stereocenters. The number of hydrogen-bond donors (Lipinski definition) is 0. The molecule has 0 N–H and O–H groups in total. The number of ether oxygens (including phenoxy) is 1. The maximum Gasteiger partial charge on any atom is 0.327 e. The molecule has 2 heterocycles. The molecule has 0 aliphatic carbocycles. The lowest BCUT2D eigenvalue weighted by Crippen LogP contribution is -2.29. The van der Waals surface area contributed by atoms with Crippen LogP contribution in [0.2, 0.25) is 0 Å². The lowest BCUT2D eigenvalue weighted by molar-refractivity contribution is -0.144. The van der Waals surface area contributed by atoms with Crippen molar-refractivity contribution in [2.24, 2.45) is 0 Å². The highest BCUT2D eigenvalue weighted by atomic mass is 16.5. The number of esters is 1. The highest BCUT2D eigenvalue weighted by Gasteiger charge is 2.17. The maximum atomic E-state index is 12.5. The van der Waals surface area contributed by atoms with Crippen LogP contribution in [0.15, 0.2) is 16.9 Å². The molecule has 7 heteroatoms. The van der Waals surface area contributed by atoms with Gasteiger partial charge in [0.05, 0.1) is 17.7 Å². The van der Waals surface area contributed by atoms with Gasteiger partial charge in [-0.25, -0.2) is 9.67 Å². The zero-order valence-corrected chi connectivity index (χ0v) is 13.6. The van der Waals surface area contributed by atoms with Crippen molar-refractivity contribution in [1.29, 1.82) is 0 Å². The second-order valence-corrected chi connectivity index (χ2v) is 5.46. The molecule has 2 aromatic rings. The monoisotopic (exact) mass is 317 g/mol. The first-order valence-electron chi connectivity index (χ1n) is 7.43. The second kappa shape index (κ2) is 6.68. The molecule has 0 unspecified atom stereocenters. The zero-order valence-electron chi connectivity index (χ0n) is 13.6. The van der Waals surface area contributed by atoms with E-state index in [4.69, 9.17) is 4.74 Å². The van der Waals surface area contributed by atoms with Crippen LogP contribution in [-0.2, 0) is 16.1 Å². The third kappa shape index (κ3) is 3.44. The number of Topliss-reactive ketones (excluding diaryl/α,β-unsaturated/α-hetero) is 1. The van der Waals surface area contributed by atoms with Crippen molar-refractivity contribution in [3.63, 3.8) is 0 Å². The van der Waals surface area contributed by atoms with Gasteiger partial charge in [-0.2, -0.15) is 5.10 Å². The van der Waals surface area contributed by atoms with E-state index in [0.29, 0.717) is 16.6 Å². The van der Waals surface area contributed by atoms with Gasteiger partial charge in [-0.15, -0.1) is 0 Å². The maximum absolute atomic E-state index is 12.5. The molecular formula is C16H19N3O4. The fourth-order valence-electron chi connectivity index (χ4n) is 2.21. The molecule has 2 rings (SSSR count). The lowest BCUT2D eigenvalue weighted by atomic mass is 10.1. The first-order valence-corrected chi connectivity index (χ1v) is 7.43. The summed E-state index contributed by atoms with van der Waals surface area (Å²) in [5.41, 5.74) is 0.814. The number of pyridine rings is 1. The normalized spacial score (nSPS) is 11.0. The van der Waals surface area contributed by atoms with E-state index in [1.165, 1.54) is 13.0 Å². The van der Waals surface area contributed by atoms with E-state index in [9.17, 15) is 14.4 Å². The minimum absolute atomic E-state index is 0.0266. The van der Waals surface area contributed by atoms with E-state index in [2.05, 4.69) is 10.1 Å². The van der Waals surface area contributed by atoms with E-state index < -0.39 is 11.5 Å². The standard InChI is InChI=1S/C16H19N3O4/c1-5-23-13(21)8-19-16(22)11-6-7-12(10(4)20)17-15(11)14(18-19)9(2)3/h6-7,9H,5,8H2,1-4H3. The largest absolute Gasteiger partial charge is 0.465 e. The van der Waals surface area contributed by atoms with E-state index in [0.717, 1.165) is 4.68 Å². The molecule has 0 saturated heterocycles. The quantitative estimate of drug-likeness (QED) is 0.615. The predicted molar refractivity (Wildman–Crippen MR) is 84.5 cm³/mol. The number of nitrogens with zero attached hydrogens (tertiary/aromatic N) is 3. The minimum atomic E-state index is -0.524. The van der Waals surface area contributed by atoms with Crippen LogP contribution in [0.3, 0.4) is 0 Å². The van der Waals surface area contributed by atoms with Gasteiger partial charge in [0.2, 0.25) is 0 Å². The Morgan fingerprint density at radius 3 is 2.57 bits per heavy atom. The Hall–Kier alpha value is -2.57. The highest BCUT2D eigenvalue weighted by molar-refractivity contribution is 5.95. The van der Waals surface area contributed by atoms with Crippen molar-refractivity contribution in [2.75, 3.05) is 6.61 Å². The van der Waals surface area contributed by atoms with E-state index in [1.54, 1.807) is 13.0 Å². The van der Waals surface area contributed by atoms with Gasteiger partial charge in [0, 0.05) is 6.92 Å². The summed E-state index contributed by atoms with van der Waals surface area (Å²) in [5.74, 6) is -0.733. The Balaban J connectivity index is 2.67. The molecule has 23 heavy (non-hydrogen) atoms. The van der Waals surface area contributed by atoms with Gasteiger partial charge in [0.25, 0.3) is 5.56 Å². The predicted octanol–water partition coefficient (Wildman–Crippen LogP) is 1.68. The molecule has 2 aromatic heterocycles. The number of ketones is 1. The van der Waals surface area contributed by atoms with Gasteiger partial charge >= 0.3 is 5.97 Å². The number of aromatic nitrogens is 3. The summed E-state index contributed by atoms with van der Waals surface area (Å²) in [7, 11) is 0. The SMILES string of the molecule is CCOC(=O)Cn1nc(C(C)C)c2nc(C(C)=O)ccc2c1=O. The summed E-state index contributed by atoms with van der Waals surface area (Å²) in [4.78, 5) is 39.9. The smallest absolute Gasteiger partial charge is 0.327 e. The minimum Gasteiger partial charge on any atom is -0.465 e. The Kier molecular flexibility index (Phi) is 4.88. The third-order valence-corrected chi connectivity index (χ3v) is 3.32. The Morgan fingerprint density at radius 1 is 1.30 bits per heavy atom. The molecule has 0 aromatic carbocycles. The van der Waals surface area contributed by atoms with Crippen LogP contribution in [0.25, 0.3) is 10.9 Å². The summed E-state index contributed by atoms with van der Waals surface area (Å²) in [6.45, 7) is 6.91. The van der Waals surface area contributed by atoms with Crippen LogP contribution in [0.4, 0.5) is 0 Å². The first-order chi connectivity index (χ1) is 10.8. The van der Waals surface area contributed by atoms with Gasteiger partial charge < -0.3 is 4.74 Å². The molecule has 0 saturated carbocycles. The fraction of sp³-hybridized carbons (Fsp3) is 0.438. The van der Waals surface area contributed by atoms with Crippen molar-refractivity contribution >= 4 is 22.7 Å². The molecule has 0 radical (unpaired) electrons.